The normalized spacial score (nSPS) is 19.6. The third-order valence-electron chi connectivity index (χ3n) is 5.50. The molecule has 0 unspecified atom stereocenters. The molecule has 7 nitrogen and oxygen atoms in total. The lowest BCUT2D eigenvalue weighted by Gasteiger charge is -2.36. The monoisotopic (exact) mass is 430 g/mol. The minimum absolute atomic E-state index is 0.0441. The molecule has 4 rings (SSSR count). The minimum Gasteiger partial charge on any atom is -0.494 e. The van der Waals surface area contributed by atoms with Crippen LogP contribution in [0, 0.1) is 5.92 Å². The van der Waals surface area contributed by atoms with Crippen molar-refractivity contribution in [1.82, 2.24) is 4.31 Å². The van der Waals surface area contributed by atoms with Gasteiger partial charge in [-0.1, -0.05) is 12.1 Å². The molecule has 1 atom stereocenters. The van der Waals surface area contributed by atoms with Crippen molar-refractivity contribution in [3.63, 3.8) is 0 Å². The van der Waals surface area contributed by atoms with E-state index in [4.69, 9.17) is 9.47 Å². The summed E-state index contributed by atoms with van der Waals surface area (Å²) in [5, 5.41) is 0. The molecule has 1 saturated heterocycles. The summed E-state index contributed by atoms with van der Waals surface area (Å²) in [5.74, 6) is 0.903. The molecule has 8 heteroatoms. The van der Waals surface area contributed by atoms with E-state index in [-0.39, 0.29) is 23.3 Å². The van der Waals surface area contributed by atoms with Gasteiger partial charge in [-0.3, -0.25) is 4.79 Å². The average Bonchev–Trinajstić information content (AvgIpc) is 2.79. The number of sulfonamides is 1. The molecular formula is C22H26N2O5S. The van der Waals surface area contributed by atoms with Gasteiger partial charge in [-0.2, -0.15) is 4.31 Å². The van der Waals surface area contributed by atoms with Crippen LogP contribution in [0.15, 0.2) is 53.4 Å². The number of carbonyl (C=O) groups excluding carboxylic acids is 1. The summed E-state index contributed by atoms with van der Waals surface area (Å²) in [5.41, 5.74) is 0.750. The summed E-state index contributed by atoms with van der Waals surface area (Å²) in [6.45, 7) is 3.91. The van der Waals surface area contributed by atoms with Gasteiger partial charge in [0, 0.05) is 13.1 Å². The van der Waals surface area contributed by atoms with Crippen molar-refractivity contribution in [2.45, 2.75) is 24.7 Å². The summed E-state index contributed by atoms with van der Waals surface area (Å²) in [6.07, 6.45) is 1.33. The molecular weight excluding hydrogens is 404 g/mol. The highest BCUT2D eigenvalue weighted by Crippen LogP contribution is 2.34. The van der Waals surface area contributed by atoms with Gasteiger partial charge in [0.2, 0.25) is 15.9 Å². The molecule has 2 aliphatic rings. The van der Waals surface area contributed by atoms with Gasteiger partial charge in [-0.15, -0.1) is 0 Å². The lowest BCUT2D eigenvalue weighted by Crippen LogP contribution is -2.48. The molecule has 0 radical (unpaired) electrons. The highest BCUT2D eigenvalue weighted by molar-refractivity contribution is 7.89. The number of para-hydroxylation sites is 2. The van der Waals surface area contributed by atoms with Crippen LogP contribution in [-0.2, 0) is 14.8 Å². The smallest absolute Gasteiger partial charge is 0.243 e. The number of hydrogen-bond acceptors (Lipinski definition) is 5. The largest absolute Gasteiger partial charge is 0.494 e. The number of nitrogens with zero attached hydrogens (tertiary/aromatic N) is 2. The SMILES string of the molecule is CCOc1ccc(S(=O)(=O)N2CCC[C@H](C(=O)N3CCOc4ccccc43)C2)cc1. The third-order valence-corrected chi connectivity index (χ3v) is 7.38. The minimum atomic E-state index is -3.67. The number of hydrogen-bond donors (Lipinski definition) is 0. The zero-order valence-electron chi connectivity index (χ0n) is 17.0. The van der Waals surface area contributed by atoms with Gasteiger partial charge in [0.15, 0.2) is 0 Å². The second kappa shape index (κ2) is 8.65. The first-order chi connectivity index (χ1) is 14.5. The topological polar surface area (TPSA) is 76.2 Å². The first-order valence-corrected chi connectivity index (χ1v) is 11.7. The van der Waals surface area contributed by atoms with E-state index in [1.807, 2.05) is 31.2 Å². The Morgan fingerprint density at radius 2 is 1.90 bits per heavy atom. The van der Waals surface area contributed by atoms with E-state index < -0.39 is 10.0 Å². The summed E-state index contributed by atoms with van der Waals surface area (Å²) in [4.78, 5) is 15.2. The van der Waals surface area contributed by atoms with Gasteiger partial charge in [-0.05, 0) is 56.2 Å². The molecule has 2 heterocycles. The predicted molar refractivity (Wildman–Crippen MR) is 113 cm³/mol. The Labute approximate surface area is 177 Å². The Morgan fingerprint density at radius 1 is 1.13 bits per heavy atom. The number of piperidine rings is 1. The molecule has 1 amide bonds. The van der Waals surface area contributed by atoms with E-state index in [1.165, 1.54) is 4.31 Å². The molecule has 160 valence electrons. The summed E-state index contributed by atoms with van der Waals surface area (Å²) < 4.78 is 38.7. The van der Waals surface area contributed by atoms with E-state index in [2.05, 4.69) is 0 Å². The number of rotatable bonds is 5. The maximum absolute atomic E-state index is 13.3. The third kappa shape index (κ3) is 4.02. The lowest BCUT2D eigenvalue weighted by molar-refractivity contribution is -0.123. The Balaban J connectivity index is 1.51. The fraction of sp³-hybridized carbons (Fsp3) is 0.409. The van der Waals surface area contributed by atoms with Crippen LogP contribution in [0.4, 0.5) is 5.69 Å². The number of fused-ring (bicyclic) bond motifs is 1. The predicted octanol–water partition coefficient (Wildman–Crippen LogP) is 2.91. The van der Waals surface area contributed by atoms with Crippen LogP contribution in [0.2, 0.25) is 0 Å². The van der Waals surface area contributed by atoms with Crippen LogP contribution in [0.5, 0.6) is 11.5 Å². The Bertz CT molecular complexity index is 1010. The molecule has 30 heavy (non-hydrogen) atoms. The van der Waals surface area contributed by atoms with Gasteiger partial charge >= 0.3 is 0 Å². The van der Waals surface area contributed by atoms with Crippen molar-refractivity contribution < 1.29 is 22.7 Å². The van der Waals surface area contributed by atoms with Crippen LogP contribution in [0.1, 0.15) is 19.8 Å². The number of amides is 1. The molecule has 0 aliphatic carbocycles. The maximum atomic E-state index is 13.3. The molecule has 2 aromatic carbocycles. The molecule has 0 bridgehead atoms. The molecule has 0 saturated carbocycles. The van der Waals surface area contributed by atoms with Crippen molar-refractivity contribution in [3.05, 3.63) is 48.5 Å². The second-order valence-electron chi connectivity index (χ2n) is 7.41. The summed E-state index contributed by atoms with van der Waals surface area (Å²) in [6, 6.07) is 13.9. The second-order valence-corrected chi connectivity index (χ2v) is 9.35. The molecule has 2 aromatic rings. The number of carbonyl (C=O) groups is 1. The van der Waals surface area contributed by atoms with Gasteiger partial charge in [0.25, 0.3) is 0 Å². The van der Waals surface area contributed by atoms with Gasteiger partial charge in [0.05, 0.1) is 29.7 Å². The molecule has 0 N–H and O–H groups in total. The van der Waals surface area contributed by atoms with Crippen molar-refractivity contribution in [3.8, 4) is 11.5 Å². The Kier molecular flexibility index (Phi) is 5.97. The maximum Gasteiger partial charge on any atom is 0.243 e. The van der Waals surface area contributed by atoms with Gasteiger partial charge in [-0.25, -0.2) is 8.42 Å². The fourth-order valence-electron chi connectivity index (χ4n) is 4.00. The Morgan fingerprint density at radius 3 is 2.67 bits per heavy atom. The van der Waals surface area contributed by atoms with E-state index in [9.17, 15) is 13.2 Å². The summed E-state index contributed by atoms with van der Waals surface area (Å²) in [7, 11) is -3.67. The average molecular weight is 431 g/mol. The Hall–Kier alpha value is -2.58. The van der Waals surface area contributed by atoms with Crippen LogP contribution < -0.4 is 14.4 Å². The van der Waals surface area contributed by atoms with Crippen molar-refractivity contribution in [1.29, 1.82) is 0 Å². The summed E-state index contributed by atoms with van der Waals surface area (Å²) >= 11 is 0. The number of anilines is 1. The van der Waals surface area contributed by atoms with Crippen molar-refractivity contribution in [2.75, 3.05) is 37.7 Å². The lowest BCUT2D eigenvalue weighted by atomic mass is 9.97. The van der Waals surface area contributed by atoms with Crippen molar-refractivity contribution in [2.24, 2.45) is 5.92 Å². The van der Waals surface area contributed by atoms with Crippen LogP contribution >= 0.6 is 0 Å². The molecule has 0 aromatic heterocycles. The van der Waals surface area contributed by atoms with E-state index in [0.717, 1.165) is 5.69 Å². The molecule has 2 aliphatic heterocycles. The molecule has 1 fully saturated rings. The van der Waals surface area contributed by atoms with E-state index >= 15 is 0 Å². The fourth-order valence-corrected chi connectivity index (χ4v) is 5.53. The van der Waals surface area contributed by atoms with Gasteiger partial charge < -0.3 is 14.4 Å². The zero-order chi connectivity index (χ0) is 21.1. The van der Waals surface area contributed by atoms with Gasteiger partial charge in [0.1, 0.15) is 18.1 Å². The molecule has 0 spiro atoms. The van der Waals surface area contributed by atoms with Crippen LogP contribution in [0.3, 0.4) is 0 Å². The van der Waals surface area contributed by atoms with Crippen molar-refractivity contribution >= 4 is 21.6 Å². The van der Waals surface area contributed by atoms with E-state index in [1.54, 1.807) is 29.2 Å². The zero-order valence-corrected chi connectivity index (χ0v) is 17.8. The highest BCUT2D eigenvalue weighted by atomic mass is 32.2. The highest BCUT2D eigenvalue weighted by Gasteiger charge is 2.36. The first kappa shape index (κ1) is 20.7. The quantitative estimate of drug-likeness (QED) is 0.729. The van der Waals surface area contributed by atoms with Crippen LogP contribution in [-0.4, -0.2) is 51.5 Å². The first-order valence-electron chi connectivity index (χ1n) is 10.3. The van der Waals surface area contributed by atoms with Crippen LogP contribution in [0.25, 0.3) is 0 Å². The standard InChI is InChI=1S/C22H26N2O5S/c1-2-28-18-9-11-19(12-10-18)30(26,27)23-13-5-6-17(16-23)22(25)24-14-15-29-21-8-4-3-7-20(21)24/h3-4,7-12,17H,2,5-6,13-16H2,1H3/t17-/m0/s1. The number of benzene rings is 2. The number of ether oxygens (including phenoxy) is 2. The van der Waals surface area contributed by atoms with E-state index in [0.29, 0.717) is 50.6 Å².